The largest absolute Gasteiger partial charge is 0.264 e. The fraction of sp³-hybridized carbons (Fsp3) is 1.00. The Balaban J connectivity index is 3.52. The Labute approximate surface area is 47.3 Å². The van der Waals surface area contributed by atoms with Crippen molar-refractivity contribution in [1.82, 2.24) is 0 Å². The second-order valence-corrected chi connectivity index (χ2v) is 1.51. The molecule has 0 saturated carbocycles. The normalized spacial score (nSPS) is 13.2. The van der Waals surface area contributed by atoms with Gasteiger partial charge >= 0.3 is 0 Å². The molecule has 0 N–H and O–H groups in total. The van der Waals surface area contributed by atoms with Crippen LogP contribution in [0.3, 0.4) is 0 Å². The summed E-state index contributed by atoms with van der Waals surface area (Å²) in [5, 5.41) is 19.6. The maximum atomic E-state index is 9.86. The lowest BCUT2D eigenvalue weighted by Gasteiger charge is -1.97. The van der Waals surface area contributed by atoms with Crippen molar-refractivity contribution in [1.29, 1.82) is 0 Å². The monoisotopic (exact) mass is 118 g/mol. The molecule has 0 aliphatic carbocycles. The van der Waals surface area contributed by atoms with Crippen LogP contribution in [0.2, 0.25) is 0 Å². The van der Waals surface area contributed by atoms with E-state index in [1.54, 1.807) is 6.92 Å². The Morgan fingerprint density at radius 3 is 2.25 bits per heavy atom. The Hall–Kier alpha value is -0.640. The summed E-state index contributed by atoms with van der Waals surface area (Å²) >= 11 is 0. The first-order valence-corrected chi connectivity index (χ1v) is 2.44. The predicted octanol–water partition coefficient (Wildman–Crippen LogP) is 0.472. The first-order chi connectivity index (χ1) is 3.72. The molecule has 1 radical (unpaired) electrons. The van der Waals surface area contributed by atoms with Crippen LogP contribution in [0, 0.1) is 10.1 Å². The zero-order valence-electron chi connectivity index (χ0n) is 4.66. The third kappa shape index (κ3) is 1.88. The Morgan fingerprint density at radius 2 is 2.25 bits per heavy atom. The Kier molecular flexibility index (Phi) is 3.10. The van der Waals surface area contributed by atoms with E-state index >= 15 is 0 Å². The van der Waals surface area contributed by atoms with Crippen molar-refractivity contribution >= 4 is 0 Å². The molecule has 0 bridgehead atoms. The summed E-state index contributed by atoms with van der Waals surface area (Å²) in [6.07, 6.45) is 0.330. The van der Waals surface area contributed by atoms with Crippen molar-refractivity contribution in [2.75, 3.05) is 6.61 Å². The van der Waals surface area contributed by atoms with Crippen LogP contribution in [0.25, 0.3) is 0 Å². The molecular weight excluding hydrogens is 110 g/mol. The highest BCUT2D eigenvalue weighted by Crippen LogP contribution is 1.92. The molecule has 0 rings (SSSR count). The second kappa shape index (κ2) is 3.37. The summed E-state index contributed by atoms with van der Waals surface area (Å²) in [4.78, 5) is 9.23. The lowest BCUT2D eigenvalue weighted by molar-refractivity contribution is -0.527. The summed E-state index contributed by atoms with van der Waals surface area (Å²) in [5.74, 6) is 0. The van der Waals surface area contributed by atoms with Crippen molar-refractivity contribution < 1.29 is 10.0 Å². The highest BCUT2D eigenvalue weighted by atomic mass is 16.6. The molecule has 4 nitrogen and oxygen atoms in total. The van der Waals surface area contributed by atoms with Crippen LogP contribution in [0.1, 0.15) is 13.3 Å². The van der Waals surface area contributed by atoms with Crippen molar-refractivity contribution in [2.45, 2.75) is 19.4 Å². The molecule has 0 aromatic rings. The molecule has 1 unspecified atom stereocenters. The van der Waals surface area contributed by atoms with Crippen LogP contribution >= 0.6 is 0 Å². The van der Waals surface area contributed by atoms with Crippen molar-refractivity contribution in [3.8, 4) is 0 Å². The fourth-order valence-electron chi connectivity index (χ4n) is 0.328. The molecule has 0 heterocycles. The van der Waals surface area contributed by atoms with Crippen molar-refractivity contribution in [3.63, 3.8) is 0 Å². The van der Waals surface area contributed by atoms with Crippen LogP contribution in [-0.4, -0.2) is 17.6 Å². The van der Waals surface area contributed by atoms with Crippen LogP contribution in [-0.2, 0) is 5.11 Å². The predicted molar refractivity (Wildman–Crippen MR) is 26.6 cm³/mol. The van der Waals surface area contributed by atoms with E-state index in [1.807, 2.05) is 0 Å². The van der Waals surface area contributed by atoms with E-state index in [0.717, 1.165) is 0 Å². The molecule has 0 saturated heterocycles. The van der Waals surface area contributed by atoms with E-state index in [2.05, 4.69) is 0 Å². The van der Waals surface area contributed by atoms with Gasteiger partial charge in [0.1, 0.15) is 6.61 Å². The average molecular weight is 118 g/mol. The van der Waals surface area contributed by atoms with Gasteiger partial charge in [0.15, 0.2) is 0 Å². The quantitative estimate of drug-likeness (QED) is 0.399. The van der Waals surface area contributed by atoms with E-state index < -0.39 is 17.6 Å². The van der Waals surface area contributed by atoms with Gasteiger partial charge in [-0.15, -0.1) is 0 Å². The van der Waals surface area contributed by atoms with Crippen LogP contribution in [0.4, 0.5) is 0 Å². The fourth-order valence-corrected chi connectivity index (χ4v) is 0.328. The summed E-state index contributed by atoms with van der Waals surface area (Å²) in [6, 6.07) is -0.880. The van der Waals surface area contributed by atoms with Gasteiger partial charge in [-0.2, -0.15) is 0 Å². The summed E-state index contributed by atoms with van der Waals surface area (Å²) in [7, 11) is 0. The van der Waals surface area contributed by atoms with Crippen molar-refractivity contribution in [2.24, 2.45) is 0 Å². The highest BCUT2D eigenvalue weighted by molar-refractivity contribution is 4.47. The molecule has 1 atom stereocenters. The van der Waals surface area contributed by atoms with Crippen LogP contribution < -0.4 is 0 Å². The minimum absolute atomic E-state index is 0.330. The topological polar surface area (TPSA) is 63.0 Å². The highest BCUT2D eigenvalue weighted by Gasteiger charge is 2.15. The van der Waals surface area contributed by atoms with Gasteiger partial charge < -0.3 is 0 Å². The van der Waals surface area contributed by atoms with E-state index in [1.165, 1.54) is 0 Å². The molecular formula is C4H8NO3. The van der Waals surface area contributed by atoms with Crippen molar-refractivity contribution in [3.05, 3.63) is 10.1 Å². The second-order valence-electron chi connectivity index (χ2n) is 1.51. The molecule has 0 spiro atoms. The Morgan fingerprint density at radius 1 is 1.75 bits per heavy atom. The third-order valence-corrected chi connectivity index (χ3v) is 0.962. The number of hydrogen-bond donors (Lipinski definition) is 0. The van der Waals surface area contributed by atoms with E-state index in [4.69, 9.17) is 0 Å². The Bertz CT molecular complexity index is 79.4. The van der Waals surface area contributed by atoms with E-state index in [0.29, 0.717) is 6.42 Å². The molecule has 0 aromatic carbocycles. The van der Waals surface area contributed by atoms with E-state index in [9.17, 15) is 15.2 Å². The maximum absolute atomic E-state index is 9.86. The van der Waals surface area contributed by atoms with Gasteiger partial charge in [-0.3, -0.25) is 10.1 Å². The molecule has 0 aromatic heterocycles. The lowest BCUT2D eigenvalue weighted by atomic mass is 10.3. The van der Waals surface area contributed by atoms with Gasteiger partial charge in [-0.05, 0) is 0 Å². The number of hydrogen-bond acceptors (Lipinski definition) is 2. The zero-order chi connectivity index (χ0) is 6.57. The third-order valence-electron chi connectivity index (χ3n) is 0.962. The van der Waals surface area contributed by atoms with Gasteiger partial charge in [0.2, 0.25) is 6.04 Å². The summed E-state index contributed by atoms with van der Waals surface area (Å²) in [5.41, 5.74) is 0. The average Bonchev–Trinajstić information content (AvgIpc) is 1.69. The zero-order valence-corrected chi connectivity index (χ0v) is 4.66. The molecule has 47 valence electrons. The lowest BCUT2D eigenvalue weighted by Crippen LogP contribution is -2.21. The molecule has 8 heavy (non-hydrogen) atoms. The smallest absolute Gasteiger partial charge is 0.239 e. The standard InChI is InChI=1S/C4H8NO3/c1-2-4(3-6)5(7)8/h4H,2-3H2,1H3. The minimum atomic E-state index is -0.880. The SMILES string of the molecule is CCC(C[O])[N+](=O)[O-]. The van der Waals surface area contributed by atoms with Crippen LogP contribution in [0.15, 0.2) is 0 Å². The molecule has 0 aliphatic rings. The van der Waals surface area contributed by atoms with Gasteiger partial charge in [0.05, 0.1) is 0 Å². The van der Waals surface area contributed by atoms with Gasteiger partial charge in [-0.1, -0.05) is 6.92 Å². The minimum Gasteiger partial charge on any atom is -0.264 e. The molecule has 4 heteroatoms. The van der Waals surface area contributed by atoms with Gasteiger partial charge in [0, 0.05) is 11.3 Å². The first-order valence-electron chi connectivity index (χ1n) is 2.44. The number of nitro groups is 1. The van der Waals surface area contributed by atoms with Gasteiger partial charge in [0.25, 0.3) is 0 Å². The van der Waals surface area contributed by atoms with Crippen LogP contribution in [0.5, 0.6) is 0 Å². The van der Waals surface area contributed by atoms with Gasteiger partial charge in [-0.25, -0.2) is 5.11 Å². The first kappa shape index (κ1) is 7.36. The summed E-state index contributed by atoms with van der Waals surface area (Å²) in [6.45, 7) is 1.02. The van der Waals surface area contributed by atoms with E-state index in [-0.39, 0.29) is 0 Å². The molecule has 0 fully saturated rings. The summed E-state index contributed by atoms with van der Waals surface area (Å²) < 4.78 is 0. The number of nitrogens with zero attached hydrogens (tertiary/aromatic N) is 1. The number of rotatable bonds is 3. The maximum Gasteiger partial charge on any atom is 0.239 e. The molecule has 0 amide bonds. The molecule has 0 aliphatic heterocycles.